The lowest BCUT2D eigenvalue weighted by molar-refractivity contribution is 0.205. The zero-order valence-corrected chi connectivity index (χ0v) is 12.6. The van der Waals surface area contributed by atoms with Gasteiger partial charge in [0.15, 0.2) is 5.76 Å². The van der Waals surface area contributed by atoms with Gasteiger partial charge in [-0.1, -0.05) is 5.16 Å². The Labute approximate surface area is 132 Å². The molecule has 0 aliphatic heterocycles. The van der Waals surface area contributed by atoms with E-state index in [2.05, 4.69) is 10.9 Å². The van der Waals surface area contributed by atoms with Gasteiger partial charge in [-0.15, -0.1) is 11.6 Å². The number of carbonyl (C=O) groups is 1. The van der Waals surface area contributed by atoms with Crippen molar-refractivity contribution in [1.82, 2.24) is 5.16 Å². The normalized spacial score (nSPS) is 9.73. The first-order chi connectivity index (χ1) is 10.6. The van der Waals surface area contributed by atoms with Crippen molar-refractivity contribution in [3.63, 3.8) is 0 Å². The van der Waals surface area contributed by atoms with Crippen molar-refractivity contribution in [2.45, 2.75) is 12.3 Å². The molecule has 0 aliphatic carbocycles. The molecule has 8 heteroatoms. The van der Waals surface area contributed by atoms with Crippen LogP contribution in [0.5, 0.6) is 5.75 Å². The van der Waals surface area contributed by atoms with E-state index in [1.54, 1.807) is 0 Å². The number of aromatic nitrogens is 1. The lowest BCUT2D eigenvalue weighted by Gasteiger charge is -2.05. The van der Waals surface area contributed by atoms with E-state index in [1.165, 1.54) is 0 Å². The lowest BCUT2D eigenvalue weighted by Crippen LogP contribution is -2.05. The van der Waals surface area contributed by atoms with Crippen molar-refractivity contribution in [3.05, 3.63) is 36.1 Å². The topological polar surface area (TPSA) is 125 Å². The summed E-state index contributed by atoms with van der Waals surface area (Å²) in [6.07, 6.45) is -0.482. The van der Waals surface area contributed by atoms with E-state index in [0.717, 1.165) is 23.4 Å². The molecule has 1 aromatic carbocycles. The van der Waals surface area contributed by atoms with Crippen molar-refractivity contribution < 1.29 is 19.2 Å². The quantitative estimate of drug-likeness (QED) is 0.552. The molecule has 0 spiro atoms. The first-order valence-corrected chi connectivity index (χ1v) is 7.03. The average molecular weight is 328 g/mol. The molecule has 2 rings (SSSR count). The molecular weight excluding hydrogens is 310 g/mol. The van der Waals surface area contributed by atoms with Gasteiger partial charge in [0.1, 0.15) is 11.4 Å². The number of alkyl halides is 1. The monoisotopic (exact) mass is 327 g/mol. The maximum atomic E-state index is 8.78. The number of ether oxygens (including phenoxy) is 1. The van der Waals surface area contributed by atoms with Gasteiger partial charge in [-0.3, -0.25) is 0 Å². The predicted octanol–water partition coefficient (Wildman–Crippen LogP) is 2.43. The van der Waals surface area contributed by atoms with Gasteiger partial charge >= 0.3 is 6.09 Å². The van der Waals surface area contributed by atoms with Gasteiger partial charge in [0, 0.05) is 11.6 Å². The number of hydrogen-bond donors (Lipinski definition) is 3. The van der Waals surface area contributed by atoms with Crippen molar-refractivity contribution in [2.75, 3.05) is 13.2 Å². The highest BCUT2D eigenvalue weighted by Crippen LogP contribution is 2.22. The Morgan fingerprint density at radius 3 is 2.50 bits per heavy atom. The van der Waals surface area contributed by atoms with Crippen LogP contribution < -0.4 is 16.2 Å². The highest BCUT2D eigenvalue weighted by molar-refractivity contribution is 6.16. The zero-order chi connectivity index (χ0) is 16.4. The summed E-state index contributed by atoms with van der Waals surface area (Å²) in [5.74, 6) is 1.82. The molecule has 0 saturated heterocycles. The van der Waals surface area contributed by atoms with E-state index in [9.17, 15) is 0 Å². The second kappa shape index (κ2) is 9.64. The van der Waals surface area contributed by atoms with E-state index in [4.69, 9.17) is 36.5 Å². The van der Waals surface area contributed by atoms with Crippen molar-refractivity contribution in [1.29, 1.82) is 0 Å². The highest BCUT2D eigenvalue weighted by atomic mass is 35.5. The molecule has 1 heterocycles. The van der Waals surface area contributed by atoms with Gasteiger partial charge in [-0.25, -0.2) is 4.79 Å². The minimum Gasteiger partial charge on any atom is -0.494 e. The van der Waals surface area contributed by atoms with Crippen molar-refractivity contribution in [3.8, 4) is 17.0 Å². The lowest BCUT2D eigenvalue weighted by atomic mass is 10.1. The number of rotatable bonds is 6. The number of primary amides is 1. The number of halogens is 1. The number of nitrogens with zero attached hydrogens (tertiary/aromatic N) is 1. The largest absolute Gasteiger partial charge is 0.494 e. The fourth-order valence-corrected chi connectivity index (χ4v) is 1.63. The molecule has 0 bridgehead atoms. The molecule has 0 saturated carbocycles. The summed E-state index contributed by atoms with van der Waals surface area (Å²) in [6.45, 7) is 1.27. The van der Waals surface area contributed by atoms with E-state index in [-0.39, 0.29) is 0 Å². The molecule has 1 aromatic heterocycles. The standard InChI is InChI=1S/C13H15ClN2O2.CH3NO2/c14-9-12-8-13(16-18-12)10-2-4-11(5-3-10)17-7-1-6-15;2-1(3)4/h2-5,8H,1,6-7,9,15H2;2H2,(H,3,4). The Hall–Kier alpha value is -2.25. The SMILES string of the molecule is NC(=O)O.NCCCOc1ccc(-c2cc(CCl)on2)cc1. The number of amides is 1. The van der Waals surface area contributed by atoms with Crippen LogP contribution in [-0.4, -0.2) is 29.5 Å². The highest BCUT2D eigenvalue weighted by Gasteiger charge is 2.05. The summed E-state index contributed by atoms with van der Waals surface area (Å²) in [5, 5.41) is 11.1. The molecule has 1 amide bonds. The third-order valence-corrected chi connectivity index (χ3v) is 2.72. The summed E-state index contributed by atoms with van der Waals surface area (Å²) in [7, 11) is 0. The molecule has 7 nitrogen and oxygen atoms in total. The maximum absolute atomic E-state index is 8.78. The van der Waals surface area contributed by atoms with Gasteiger partial charge in [0.05, 0.1) is 12.5 Å². The van der Waals surface area contributed by atoms with E-state index in [1.807, 2.05) is 30.3 Å². The molecule has 5 N–H and O–H groups in total. The fraction of sp³-hybridized carbons (Fsp3) is 0.286. The van der Waals surface area contributed by atoms with E-state index < -0.39 is 6.09 Å². The molecule has 0 radical (unpaired) electrons. The summed E-state index contributed by atoms with van der Waals surface area (Å²) < 4.78 is 10.6. The Morgan fingerprint density at radius 2 is 2.00 bits per heavy atom. The average Bonchev–Trinajstić information content (AvgIpc) is 2.97. The van der Waals surface area contributed by atoms with Crippen LogP contribution in [0.15, 0.2) is 34.9 Å². The minimum absolute atomic E-state index is 0.327. The number of hydrogen-bond acceptors (Lipinski definition) is 5. The molecule has 0 aliphatic rings. The number of benzene rings is 1. The molecule has 0 unspecified atom stereocenters. The van der Waals surface area contributed by atoms with Crippen LogP contribution in [0, 0.1) is 0 Å². The third-order valence-electron chi connectivity index (χ3n) is 2.46. The van der Waals surface area contributed by atoms with Crippen LogP contribution in [0.2, 0.25) is 0 Å². The second-order valence-corrected chi connectivity index (χ2v) is 4.43. The van der Waals surface area contributed by atoms with Crippen LogP contribution in [-0.2, 0) is 5.88 Å². The first-order valence-electron chi connectivity index (χ1n) is 6.50. The summed E-state index contributed by atoms with van der Waals surface area (Å²) >= 11 is 5.66. The summed E-state index contributed by atoms with van der Waals surface area (Å²) in [5.41, 5.74) is 11.2. The van der Waals surface area contributed by atoms with Crippen LogP contribution in [0.25, 0.3) is 11.3 Å². The summed E-state index contributed by atoms with van der Waals surface area (Å²) in [6, 6.07) is 9.51. The van der Waals surface area contributed by atoms with Crippen LogP contribution >= 0.6 is 11.6 Å². The van der Waals surface area contributed by atoms with Gasteiger partial charge in [0.25, 0.3) is 0 Å². The summed E-state index contributed by atoms with van der Waals surface area (Å²) in [4.78, 5) is 8.78. The zero-order valence-electron chi connectivity index (χ0n) is 11.9. The first kappa shape index (κ1) is 17.8. The Balaban J connectivity index is 0.000000541. The van der Waals surface area contributed by atoms with Gasteiger partial charge in [-0.2, -0.15) is 0 Å². The predicted molar refractivity (Wildman–Crippen MR) is 82.9 cm³/mol. The fourth-order valence-electron chi connectivity index (χ4n) is 1.51. The molecule has 22 heavy (non-hydrogen) atoms. The van der Waals surface area contributed by atoms with Gasteiger partial charge < -0.3 is 25.8 Å². The molecule has 120 valence electrons. The molecule has 2 aromatic rings. The van der Waals surface area contributed by atoms with Gasteiger partial charge in [0.2, 0.25) is 0 Å². The van der Waals surface area contributed by atoms with Crippen molar-refractivity contribution in [2.24, 2.45) is 11.5 Å². The minimum atomic E-state index is -1.33. The molecule has 0 atom stereocenters. The van der Waals surface area contributed by atoms with Crippen LogP contribution in [0.3, 0.4) is 0 Å². The molecular formula is C14H18ClN3O4. The number of nitrogens with two attached hydrogens (primary N) is 2. The Kier molecular flexibility index (Phi) is 7.80. The third kappa shape index (κ3) is 6.47. The Morgan fingerprint density at radius 1 is 1.36 bits per heavy atom. The van der Waals surface area contributed by atoms with Crippen LogP contribution in [0.1, 0.15) is 12.2 Å². The van der Waals surface area contributed by atoms with E-state index in [0.29, 0.717) is 24.8 Å². The smallest absolute Gasteiger partial charge is 0.402 e. The maximum Gasteiger partial charge on any atom is 0.402 e. The molecule has 0 fully saturated rings. The van der Waals surface area contributed by atoms with Crippen LogP contribution in [0.4, 0.5) is 4.79 Å². The number of carboxylic acid groups (broad SMARTS) is 1. The second-order valence-electron chi connectivity index (χ2n) is 4.17. The van der Waals surface area contributed by atoms with Gasteiger partial charge in [-0.05, 0) is 37.2 Å². The Bertz CT molecular complexity index is 568. The van der Waals surface area contributed by atoms with E-state index >= 15 is 0 Å². The van der Waals surface area contributed by atoms with Crippen molar-refractivity contribution >= 4 is 17.7 Å².